The lowest BCUT2D eigenvalue weighted by Gasteiger charge is -2.22. The third-order valence-corrected chi connectivity index (χ3v) is 5.39. The number of amides is 1. The summed E-state index contributed by atoms with van der Waals surface area (Å²) in [5.74, 6) is 0.722. The highest BCUT2D eigenvalue weighted by atomic mass is 16.2. The van der Waals surface area contributed by atoms with Crippen LogP contribution in [0.25, 0.3) is 21.8 Å². The second-order valence-corrected chi connectivity index (χ2v) is 7.72. The van der Waals surface area contributed by atoms with Crippen molar-refractivity contribution in [1.82, 2.24) is 19.4 Å². The van der Waals surface area contributed by atoms with Crippen molar-refractivity contribution in [2.24, 2.45) is 20.0 Å². The second-order valence-electron chi connectivity index (χ2n) is 7.72. The third kappa shape index (κ3) is 3.20. The van der Waals surface area contributed by atoms with Gasteiger partial charge in [0.2, 0.25) is 0 Å². The van der Waals surface area contributed by atoms with E-state index >= 15 is 0 Å². The minimum Gasteiger partial charge on any atom is -0.342 e. The maximum atomic E-state index is 13.3. The summed E-state index contributed by atoms with van der Waals surface area (Å²) in [4.78, 5) is 30.5. The number of rotatable bonds is 4. The first-order valence-corrected chi connectivity index (χ1v) is 9.69. The molecule has 2 heterocycles. The molecule has 1 amide bonds. The molecule has 0 fully saturated rings. The summed E-state index contributed by atoms with van der Waals surface area (Å²) in [5, 5.41) is 4.34. The molecule has 0 saturated carbocycles. The van der Waals surface area contributed by atoms with Crippen LogP contribution in [-0.4, -0.2) is 20.0 Å². The molecule has 0 bridgehead atoms. The Morgan fingerprint density at radius 1 is 1.00 bits per heavy atom. The van der Waals surface area contributed by atoms with Crippen LogP contribution < -0.4 is 10.9 Å². The van der Waals surface area contributed by atoms with Gasteiger partial charge >= 0.3 is 0 Å². The summed E-state index contributed by atoms with van der Waals surface area (Å²) in [7, 11) is 3.63. The van der Waals surface area contributed by atoms with Crippen LogP contribution in [-0.2, 0) is 14.1 Å². The fourth-order valence-electron chi connectivity index (χ4n) is 3.79. The number of pyridine rings is 1. The molecule has 1 N–H and O–H groups in total. The Hall–Kier alpha value is -3.41. The normalized spacial score (nSPS) is 12.6. The van der Waals surface area contributed by atoms with Crippen LogP contribution in [0.1, 0.15) is 36.1 Å². The molecule has 4 aromatic rings. The maximum Gasteiger partial charge on any atom is 0.258 e. The van der Waals surface area contributed by atoms with E-state index in [-0.39, 0.29) is 23.4 Å². The molecule has 0 spiro atoms. The van der Waals surface area contributed by atoms with Crippen molar-refractivity contribution in [3.05, 3.63) is 76.5 Å². The van der Waals surface area contributed by atoms with Gasteiger partial charge in [-0.05, 0) is 24.1 Å². The van der Waals surface area contributed by atoms with Gasteiger partial charge in [-0.1, -0.05) is 44.2 Å². The van der Waals surface area contributed by atoms with Crippen LogP contribution in [0.5, 0.6) is 0 Å². The van der Waals surface area contributed by atoms with Crippen LogP contribution in [0.15, 0.2) is 59.5 Å². The molecular weight excluding hydrogens is 364 g/mol. The standard InChI is InChI=1S/C23H24N4O2/c1-14(2)20(21-24-18-11-7-8-12-19(18)27(21)4)25-22(28)17-13-26(3)23(29)16-10-6-5-9-15(16)17/h5-14,20H,1-4H3,(H,25,28)/t20-/m1/s1. The number of benzene rings is 2. The number of fused-ring (bicyclic) bond motifs is 2. The van der Waals surface area contributed by atoms with Crippen molar-refractivity contribution in [3.8, 4) is 0 Å². The number of nitrogens with zero attached hydrogens (tertiary/aromatic N) is 3. The Morgan fingerprint density at radius 3 is 2.34 bits per heavy atom. The second kappa shape index (κ2) is 7.20. The molecule has 0 aliphatic rings. The van der Waals surface area contributed by atoms with Crippen LogP contribution in [0.4, 0.5) is 0 Å². The third-order valence-electron chi connectivity index (χ3n) is 5.39. The average Bonchev–Trinajstić information content (AvgIpc) is 3.05. The summed E-state index contributed by atoms with van der Waals surface area (Å²) >= 11 is 0. The molecule has 29 heavy (non-hydrogen) atoms. The fourth-order valence-corrected chi connectivity index (χ4v) is 3.79. The highest BCUT2D eigenvalue weighted by molar-refractivity contribution is 6.06. The molecule has 6 nitrogen and oxygen atoms in total. The summed E-state index contributed by atoms with van der Waals surface area (Å²) in [6, 6.07) is 14.9. The Labute approximate surface area is 168 Å². The van der Waals surface area contributed by atoms with E-state index in [0.29, 0.717) is 16.3 Å². The number of hydrogen-bond acceptors (Lipinski definition) is 3. The fraction of sp³-hybridized carbons (Fsp3) is 0.261. The lowest BCUT2D eigenvalue weighted by Crippen LogP contribution is -2.34. The molecule has 0 radical (unpaired) electrons. The number of nitrogens with one attached hydrogen (secondary N) is 1. The number of para-hydroxylation sites is 2. The molecule has 0 unspecified atom stereocenters. The quantitative estimate of drug-likeness (QED) is 0.581. The first-order valence-electron chi connectivity index (χ1n) is 9.69. The number of hydrogen-bond donors (Lipinski definition) is 1. The largest absolute Gasteiger partial charge is 0.342 e. The van der Waals surface area contributed by atoms with Gasteiger partial charge in [0.15, 0.2) is 0 Å². The lowest BCUT2D eigenvalue weighted by molar-refractivity contribution is 0.0923. The summed E-state index contributed by atoms with van der Waals surface area (Å²) in [5.41, 5.74) is 2.28. The zero-order chi connectivity index (χ0) is 20.7. The molecule has 1 atom stereocenters. The van der Waals surface area contributed by atoms with Crippen LogP contribution in [0, 0.1) is 5.92 Å². The monoisotopic (exact) mass is 388 g/mol. The zero-order valence-corrected chi connectivity index (χ0v) is 17.0. The van der Waals surface area contributed by atoms with E-state index in [1.165, 1.54) is 4.57 Å². The van der Waals surface area contributed by atoms with E-state index in [4.69, 9.17) is 4.98 Å². The zero-order valence-electron chi connectivity index (χ0n) is 17.0. The van der Waals surface area contributed by atoms with Crippen molar-refractivity contribution in [3.63, 3.8) is 0 Å². The van der Waals surface area contributed by atoms with Crippen LogP contribution in [0.3, 0.4) is 0 Å². The summed E-state index contributed by atoms with van der Waals surface area (Å²) in [6.45, 7) is 4.12. The molecule has 2 aromatic heterocycles. The predicted molar refractivity (Wildman–Crippen MR) is 115 cm³/mol. The van der Waals surface area contributed by atoms with E-state index in [1.807, 2.05) is 54.1 Å². The van der Waals surface area contributed by atoms with Gasteiger partial charge in [-0.3, -0.25) is 9.59 Å². The first-order chi connectivity index (χ1) is 13.9. The van der Waals surface area contributed by atoms with Gasteiger partial charge < -0.3 is 14.5 Å². The number of aromatic nitrogens is 3. The van der Waals surface area contributed by atoms with Gasteiger partial charge in [0.1, 0.15) is 5.82 Å². The van der Waals surface area contributed by atoms with E-state index < -0.39 is 0 Å². The minimum atomic E-state index is -0.268. The van der Waals surface area contributed by atoms with E-state index in [2.05, 4.69) is 19.2 Å². The Kier molecular flexibility index (Phi) is 4.70. The Morgan fingerprint density at radius 2 is 1.66 bits per heavy atom. The molecule has 4 rings (SSSR count). The number of imidazole rings is 1. The number of aryl methyl sites for hydroxylation is 2. The predicted octanol–water partition coefficient (Wildman–Crippen LogP) is 3.55. The van der Waals surface area contributed by atoms with Crippen LogP contribution >= 0.6 is 0 Å². The van der Waals surface area contributed by atoms with Crippen molar-refractivity contribution in [2.75, 3.05) is 0 Å². The van der Waals surface area contributed by atoms with Gasteiger partial charge in [0, 0.05) is 31.1 Å². The molecule has 0 aliphatic carbocycles. The van der Waals surface area contributed by atoms with Gasteiger partial charge in [0.25, 0.3) is 11.5 Å². The molecular formula is C23H24N4O2. The first kappa shape index (κ1) is 18.9. The molecule has 2 aromatic carbocycles. The molecule has 0 aliphatic heterocycles. The minimum absolute atomic E-state index is 0.118. The Balaban J connectivity index is 1.78. The van der Waals surface area contributed by atoms with Crippen molar-refractivity contribution >= 4 is 27.7 Å². The van der Waals surface area contributed by atoms with Gasteiger partial charge in [-0.25, -0.2) is 4.98 Å². The molecule has 6 heteroatoms. The summed E-state index contributed by atoms with van der Waals surface area (Å²) in [6.07, 6.45) is 1.60. The Bertz CT molecular complexity index is 1280. The highest BCUT2D eigenvalue weighted by Crippen LogP contribution is 2.26. The van der Waals surface area contributed by atoms with Gasteiger partial charge in [-0.2, -0.15) is 0 Å². The molecule has 148 valence electrons. The van der Waals surface area contributed by atoms with Crippen molar-refractivity contribution in [2.45, 2.75) is 19.9 Å². The smallest absolute Gasteiger partial charge is 0.258 e. The van der Waals surface area contributed by atoms with Crippen molar-refractivity contribution < 1.29 is 4.79 Å². The lowest BCUT2D eigenvalue weighted by atomic mass is 10.0. The highest BCUT2D eigenvalue weighted by Gasteiger charge is 2.25. The van der Waals surface area contributed by atoms with Gasteiger partial charge in [-0.15, -0.1) is 0 Å². The van der Waals surface area contributed by atoms with E-state index in [9.17, 15) is 9.59 Å². The molecule has 0 saturated heterocycles. The average molecular weight is 388 g/mol. The topological polar surface area (TPSA) is 68.9 Å². The maximum absolute atomic E-state index is 13.3. The van der Waals surface area contributed by atoms with Crippen molar-refractivity contribution in [1.29, 1.82) is 0 Å². The summed E-state index contributed by atoms with van der Waals surface area (Å²) < 4.78 is 3.48. The van der Waals surface area contributed by atoms with Crippen LogP contribution in [0.2, 0.25) is 0 Å². The van der Waals surface area contributed by atoms with E-state index in [1.54, 1.807) is 19.3 Å². The SMILES string of the molecule is CC(C)[C@@H](NC(=O)c1cn(C)c(=O)c2ccccc12)c1nc2ccccc2n1C. The van der Waals surface area contributed by atoms with E-state index in [0.717, 1.165) is 16.9 Å². The van der Waals surface area contributed by atoms with Gasteiger partial charge in [0.05, 0.1) is 22.6 Å². The number of carbonyl (C=O) groups excluding carboxylic acids is 1. The number of carbonyl (C=O) groups is 1.